The summed E-state index contributed by atoms with van der Waals surface area (Å²) in [6, 6.07) is 11.3. The van der Waals surface area contributed by atoms with Gasteiger partial charge in [-0.1, -0.05) is 18.2 Å². The number of aromatic hydroxyl groups is 3. The molecular weight excluding hydrogens is 376 g/mol. The molecule has 0 spiro atoms. The highest BCUT2D eigenvalue weighted by Crippen LogP contribution is 2.43. The molecular formula is C22H14O7. The summed E-state index contributed by atoms with van der Waals surface area (Å²) in [5, 5.41) is 30.1. The van der Waals surface area contributed by atoms with Gasteiger partial charge in [0.1, 0.15) is 23.0 Å². The van der Waals surface area contributed by atoms with E-state index < -0.39 is 34.8 Å². The van der Waals surface area contributed by atoms with Gasteiger partial charge in [0.15, 0.2) is 5.78 Å². The first kappa shape index (κ1) is 18.2. The first-order valence-electron chi connectivity index (χ1n) is 8.58. The standard InChI is InChI=1S/C22H14O7/c1-10-7-14(24)17-18(21(10)29-22(28)11-5-3-2-4-6-11)19(26)13-8-12(23)9-15(25)16(13)20(17)27/h2-9,23-25H,1H3. The van der Waals surface area contributed by atoms with Crippen molar-refractivity contribution in [3.63, 3.8) is 0 Å². The summed E-state index contributed by atoms with van der Waals surface area (Å²) in [6.45, 7) is 1.51. The van der Waals surface area contributed by atoms with E-state index >= 15 is 0 Å². The van der Waals surface area contributed by atoms with Crippen molar-refractivity contribution in [3.05, 3.63) is 81.9 Å². The maximum absolute atomic E-state index is 13.1. The predicted octanol–water partition coefficient (Wildman–Crippen LogP) is 3.11. The number of hydrogen-bond donors (Lipinski definition) is 3. The van der Waals surface area contributed by atoms with E-state index in [1.165, 1.54) is 25.1 Å². The summed E-state index contributed by atoms with van der Waals surface area (Å²) in [5.74, 6) is -3.98. The van der Waals surface area contributed by atoms with Gasteiger partial charge in [0, 0.05) is 11.6 Å². The largest absolute Gasteiger partial charge is 0.508 e. The number of fused-ring (bicyclic) bond motifs is 2. The molecule has 1 aliphatic rings. The first-order valence-corrected chi connectivity index (χ1v) is 8.58. The third-order valence-electron chi connectivity index (χ3n) is 4.68. The molecule has 0 atom stereocenters. The zero-order chi connectivity index (χ0) is 20.9. The number of benzene rings is 3. The van der Waals surface area contributed by atoms with E-state index in [1.54, 1.807) is 18.2 Å². The number of aryl methyl sites for hydroxylation is 1. The number of phenolic OH excluding ortho intramolecular Hbond substituents is 3. The van der Waals surface area contributed by atoms with Crippen molar-refractivity contribution < 1.29 is 34.4 Å². The van der Waals surface area contributed by atoms with Crippen molar-refractivity contribution >= 4 is 17.5 Å². The molecule has 7 heteroatoms. The van der Waals surface area contributed by atoms with E-state index in [9.17, 15) is 29.7 Å². The number of hydrogen-bond acceptors (Lipinski definition) is 7. The molecule has 0 fully saturated rings. The molecule has 3 N–H and O–H groups in total. The van der Waals surface area contributed by atoms with Crippen LogP contribution in [0.2, 0.25) is 0 Å². The Labute approximate surface area is 164 Å². The zero-order valence-electron chi connectivity index (χ0n) is 15.1. The quantitative estimate of drug-likeness (QED) is 0.355. The minimum absolute atomic E-state index is 0.168. The molecule has 0 saturated heterocycles. The second-order valence-electron chi connectivity index (χ2n) is 6.59. The van der Waals surface area contributed by atoms with Crippen molar-refractivity contribution in [2.24, 2.45) is 0 Å². The van der Waals surface area contributed by atoms with Crippen LogP contribution in [0.3, 0.4) is 0 Å². The van der Waals surface area contributed by atoms with E-state index in [0.29, 0.717) is 0 Å². The van der Waals surface area contributed by atoms with E-state index in [2.05, 4.69) is 0 Å². The second kappa shape index (κ2) is 6.49. The van der Waals surface area contributed by atoms with Crippen LogP contribution in [0.5, 0.6) is 23.0 Å². The van der Waals surface area contributed by atoms with Crippen LogP contribution in [0.1, 0.15) is 47.8 Å². The first-order chi connectivity index (χ1) is 13.8. The summed E-state index contributed by atoms with van der Waals surface area (Å²) in [5.41, 5.74) is -0.750. The van der Waals surface area contributed by atoms with Crippen LogP contribution < -0.4 is 4.74 Å². The molecule has 0 heterocycles. The van der Waals surface area contributed by atoms with Crippen LogP contribution in [0, 0.1) is 6.92 Å². The van der Waals surface area contributed by atoms with Gasteiger partial charge in [-0.25, -0.2) is 4.79 Å². The van der Waals surface area contributed by atoms with Gasteiger partial charge in [0.25, 0.3) is 0 Å². The lowest BCUT2D eigenvalue weighted by Crippen LogP contribution is -2.24. The van der Waals surface area contributed by atoms with Gasteiger partial charge in [-0.15, -0.1) is 0 Å². The number of carbonyl (C=O) groups is 3. The van der Waals surface area contributed by atoms with Crippen LogP contribution in [-0.4, -0.2) is 32.9 Å². The van der Waals surface area contributed by atoms with Crippen molar-refractivity contribution in [1.82, 2.24) is 0 Å². The highest BCUT2D eigenvalue weighted by molar-refractivity contribution is 6.31. The Morgan fingerprint density at radius 3 is 2.17 bits per heavy atom. The number of ketones is 2. The normalized spacial score (nSPS) is 12.3. The van der Waals surface area contributed by atoms with E-state index in [4.69, 9.17) is 4.74 Å². The van der Waals surface area contributed by atoms with Crippen LogP contribution in [0.15, 0.2) is 48.5 Å². The SMILES string of the molecule is Cc1cc(O)c2c(c1OC(=O)c1ccccc1)C(=O)c1cc(O)cc(O)c1C2=O. The Bertz CT molecular complexity index is 1210. The third kappa shape index (κ3) is 2.80. The molecule has 0 saturated carbocycles. The summed E-state index contributed by atoms with van der Waals surface area (Å²) in [6.07, 6.45) is 0. The smallest absolute Gasteiger partial charge is 0.343 e. The van der Waals surface area contributed by atoms with E-state index in [0.717, 1.165) is 12.1 Å². The van der Waals surface area contributed by atoms with Gasteiger partial charge in [-0.3, -0.25) is 9.59 Å². The Morgan fingerprint density at radius 1 is 0.828 bits per heavy atom. The van der Waals surface area contributed by atoms with Crippen LogP contribution in [0.4, 0.5) is 0 Å². The lowest BCUT2D eigenvalue weighted by Gasteiger charge is -2.22. The van der Waals surface area contributed by atoms with Gasteiger partial charge in [0.2, 0.25) is 5.78 Å². The lowest BCUT2D eigenvalue weighted by atomic mass is 9.81. The lowest BCUT2D eigenvalue weighted by molar-refractivity contribution is 0.0729. The molecule has 0 aromatic heterocycles. The van der Waals surface area contributed by atoms with E-state index in [-0.39, 0.29) is 39.1 Å². The minimum atomic E-state index is -0.818. The van der Waals surface area contributed by atoms with Crippen LogP contribution in [0.25, 0.3) is 0 Å². The molecule has 7 nitrogen and oxygen atoms in total. The molecule has 29 heavy (non-hydrogen) atoms. The fraction of sp³-hybridized carbons (Fsp3) is 0.0455. The van der Waals surface area contributed by atoms with Crippen molar-refractivity contribution in [2.45, 2.75) is 6.92 Å². The number of rotatable bonds is 2. The molecule has 1 aliphatic carbocycles. The molecule has 0 radical (unpaired) electrons. The molecule has 144 valence electrons. The summed E-state index contributed by atoms with van der Waals surface area (Å²) in [7, 11) is 0. The molecule has 3 aromatic carbocycles. The average Bonchev–Trinajstić information content (AvgIpc) is 2.68. The topological polar surface area (TPSA) is 121 Å². The number of ether oxygens (including phenoxy) is 1. The van der Waals surface area contributed by atoms with Crippen molar-refractivity contribution in [2.75, 3.05) is 0 Å². The highest BCUT2D eigenvalue weighted by Gasteiger charge is 2.38. The Kier molecular flexibility index (Phi) is 4.08. The number of esters is 1. The highest BCUT2D eigenvalue weighted by atomic mass is 16.5. The molecule has 3 aromatic rings. The van der Waals surface area contributed by atoms with E-state index in [1.807, 2.05) is 0 Å². The van der Waals surface area contributed by atoms with Crippen LogP contribution >= 0.6 is 0 Å². The fourth-order valence-corrected chi connectivity index (χ4v) is 3.37. The predicted molar refractivity (Wildman–Crippen MR) is 101 cm³/mol. The van der Waals surface area contributed by atoms with Gasteiger partial charge in [-0.2, -0.15) is 0 Å². The summed E-state index contributed by atoms with van der Waals surface area (Å²) < 4.78 is 5.43. The average molecular weight is 390 g/mol. The molecule has 0 amide bonds. The fourth-order valence-electron chi connectivity index (χ4n) is 3.37. The Balaban J connectivity index is 1.92. The summed E-state index contributed by atoms with van der Waals surface area (Å²) >= 11 is 0. The number of phenols is 3. The molecule has 0 unspecified atom stereocenters. The Morgan fingerprint density at radius 2 is 1.48 bits per heavy atom. The maximum atomic E-state index is 13.1. The van der Waals surface area contributed by atoms with Crippen LogP contribution in [-0.2, 0) is 0 Å². The monoisotopic (exact) mass is 390 g/mol. The van der Waals surface area contributed by atoms with Gasteiger partial charge < -0.3 is 20.1 Å². The van der Waals surface area contributed by atoms with Gasteiger partial charge in [-0.05, 0) is 36.8 Å². The number of carbonyl (C=O) groups excluding carboxylic acids is 3. The van der Waals surface area contributed by atoms with Gasteiger partial charge >= 0.3 is 5.97 Å². The molecule has 0 aliphatic heterocycles. The Hall–Kier alpha value is -4.13. The van der Waals surface area contributed by atoms with Crippen molar-refractivity contribution in [3.8, 4) is 23.0 Å². The zero-order valence-corrected chi connectivity index (χ0v) is 15.1. The molecule has 0 bridgehead atoms. The minimum Gasteiger partial charge on any atom is -0.508 e. The second-order valence-corrected chi connectivity index (χ2v) is 6.59. The summed E-state index contributed by atoms with van der Waals surface area (Å²) in [4.78, 5) is 38.6. The van der Waals surface area contributed by atoms with Gasteiger partial charge in [0.05, 0.1) is 22.3 Å². The third-order valence-corrected chi connectivity index (χ3v) is 4.68. The maximum Gasteiger partial charge on any atom is 0.343 e. The molecule has 4 rings (SSSR count). The van der Waals surface area contributed by atoms with Crippen molar-refractivity contribution in [1.29, 1.82) is 0 Å².